The third kappa shape index (κ3) is 5.28. The number of pyridine rings is 1. The average Bonchev–Trinajstić information content (AvgIpc) is 3.21. The fraction of sp³-hybridized carbons (Fsp3) is 0.650. The first-order chi connectivity index (χ1) is 14.2. The van der Waals surface area contributed by atoms with E-state index in [4.69, 9.17) is 19.4 Å². The van der Waals surface area contributed by atoms with Gasteiger partial charge in [-0.2, -0.15) is 13.2 Å². The molecule has 10 heteroatoms. The van der Waals surface area contributed by atoms with Gasteiger partial charge in [-0.3, -0.25) is 9.78 Å². The van der Waals surface area contributed by atoms with Crippen LogP contribution in [-0.2, 0) is 14.3 Å². The van der Waals surface area contributed by atoms with Gasteiger partial charge < -0.3 is 19.5 Å². The van der Waals surface area contributed by atoms with Crippen molar-refractivity contribution >= 4 is 11.9 Å². The third-order valence-corrected chi connectivity index (χ3v) is 5.95. The molecule has 0 bridgehead atoms. The first kappa shape index (κ1) is 22.5. The Morgan fingerprint density at radius 2 is 1.97 bits per heavy atom. The quantitative estimate of drug-likeness (QED) is 0.773. The monoisotopic (exact) mass is 430 g/mol. The molecule has 1 aromatic heterocycles. The second-order valence-electron chi connectivity index (χ2n) is 8.11. The molecule has 1 aliphatic carbocycles. The third-order valence-electron chi connectivity index (χ3n) is 5.95. The summed E-state index contributed by atoms with van der Waals surface area (Å²) >= 11 is 0. The van der Waals surface area contributed by atoms with Gasteiger partial charge in [0.05, 0.1) is 19.8 Å². The van der Waals surface area contributed by atoms with Crippen LogP contribution in [0.3, 0.4) is 0 Å². The molecule has 1 N–H and O–H groups in total. The van der Waals surface area contributed by atoms with Crippen LogP contribution in [0.5, 0.6) is 0 Å². The van der Waals surface area contributed by atoms with E-state index in [0.29, 0.717) is 24.7 Å². The van der Waals surface area contributed by atoms with E-state index < -0.39 is 12.1 Å². The molecule has 2 saturated heterocycles. The van der Waals surface area contributed by atoms with Gasteiger partial charge in [0, 0.05) is 49.0 Å². The van der Waals surface area contributed by atoms with E-state index in [1.807, 2.05) is 4.90 Å². The van der Waals surface area contributed by atoms with Crippen molar-refractivity contribution in [2.24, 2.45) is 17.3 Å². The standard InChI is InChI=1S/C18H24N2O3.C2HF3O2/c21-17(15-4-6-19-7-5-15)20-8-16-10-23-13-18(16,11-20)12-22-9-14-2-1-3-14;3-2(4,5)1(6)7/h4-7,14,16H,1-3,8-13H2;(H,6,7)/t16-,18-;/m1./s1. The summed E-state index contributed by atoms with van der Waals surface area (Å²) in [6.45, 7) is 4.55. The number of amides is 1. The van der Waals surface area contributed by atoms with Gasteiger partial charge >= 0.3 is 12.1 Å². The molecule has 3 aliphatic rings. The predicted octanol–water partition coefficient (Wildman–Crippen LogP) is 2.62. The lowest BCUT2D eigenvalue weighted by atomic mass is 9.81. The molecule has 2 atom stereocenters. The topological polar surface area (TPSA) is 89.0 Å². The second-order valence-corrected chi connectivity index (χ2v) is 8.11. The van der Waals surface area contributed by atoms with Crippen molar-refractivity contribution in [1.29, 1.82) is 0 Å². The Hall–Kier alpha value is -2.20. The number of ether oxygens (including phenoxy) is 2. The molecule has 3 fully saturated rings. The molecule has 4 rings (SSSR count). The SMILES string of the molecule is O=C(O)C(F)(F)F.O=C(c1ccncc1)N1C[C@@H]2COC[C@]2(COCC2CCC2)C1. The summed E-state index contributed by atoms with van der Waals surface area (Å²) in [5, 5.41) is 7.12. The number of carboxylic acid groups (broad SMARTS) is 1. The van der Waals surface area contributed by atoms with Crippen molar-refractivity contribution in [3.63, 3.8) is 0 Å². The van der Waals surface area contributed by atoms with Crippen LogP contribution in [-0.4, -0.2) is 72.6 Å². The Labute approximate surface area is 172 Å². The van der Waals surface area contributed by atoms with Crippen LogP contribution in [0.1, 0.15) is 29.6 Å². The number of carbonyl (C=O) groups is 2. The average molecular weight is 430 g/mol. The zero-order valence-corrected chi connectivity index (χ0v) is 16.4. The van der Waals surface area contributed by atoms with Crippen LogP contribution < -0.4 is 0 Å². The molecular weight excluding hydrogens is 405 g/mol. The molecule has 0 spiro atoms. The minimum atomic E-state index is -5.08. The minimum absolute atomic E-state index is 0.00750. The Kier molecular flexibility index (Phi) is 6.97. The second kappa shape index (κ2) is 9.30. The number of aliphatic carboxylic acids is 1. The fourth-order valence-electron chi connectivity index (χ4n) is 3.96. The number of rotatable bonds is 5. The highest BCUT2D eigenvalue weighted by Crippen LogP contribution is 2.42. The van der Waals surface area contributed by atoms with Crippen LogP contribution in [0.2, 0.25) is 0 Å². The zero-order chi connectivity index (χ0) is 21.8. The highest BCUT2D eigenvalue weighted by atomic mass is 19.4. The zero-order valence-electron chi connectivity index (χ0n) is 16.4. The van der Waals surface area contributed by atoms with E-state index in [2.05, 4.69) is 4.98 Å². The van der Waals surface area contributed by atoms with Crippen molar-refractivity contribution in [3.8, 4) is 0 Å². The first-order valence-corrected chi connectivity index (χ1v) is 9.86. The van der Waals surface area contributed by atoms with Crippen LogP contribution in [0.4, 0.5) is 13.2 Å². The molecule has 0 unspecified atom stereocenters. The lowest BCUT2D eigenvalue weighted by Gasteiger charge is -2.30. The molecule has 1 amide bonds. The number of likely N-dealkylation sites (tertiary alicyclic amines) is 1. The van der Waals surface area contributed by atoms with E-state index in [1.54, 1.807) is 24.5 Å². The first-order valence-electron chi connectivity index (χ1n) is 9.86. The Bertz CT molecular complexity index is 742. The molecule has 30 heavy (non-hydrogen) atoms. The molecular formula is C20H25F3N2O5. The summed E-state index contributed by atoms with van der Waals surface area (Å²) < 4.78 is 43.5. The van der Waals surface area contributed by atoms with Gasteiger partial charge in [-0.25, -0.2) is 4.79 Å². The van der Waals surface area contributed by atoms with E-state index >= 15 is 0 Å². The summed E-state index contributed by atoms with van der Waals surface area (Å²) in [6, 6.07) is 3.57. The smallest absolute Gasteiger partial charge is 0.475 e. The summed E-state index contributed by atoms with van der Waals surface area (Å²) in [5.74, 6) is -1.51. The Morgan fingerprint density at radius 1 is 1.30 bits per heavy atom. The maximum atomic E-state index is 12.7. The number of fused-ring (bicyclic) bond motifs is 1. The van der Waals surface area contributed by atoms with Crippen LogP contribution >= 0.6 is 0 Å². The van der Waals surface area contributed by atoms with Crippen molar-refractivity contribution in [2.45, 2.75) is 25.4 Å². The summed E-state index contributed by atoms with van der Waals surface area (Å²) in [4.78, 5) is 27.5. The number of carbonyl (C=O) groups excluding carboxylic acids is 1. The van der Waals surface area contributed by atoms with E-state index in [0.717, 1.165) is 32.2 Å². The number of alkyl halides is 3. The van der Waals surface area contributed by atoms with Gasteiger partial charge in [0.1, 0.15) is 0 Å². The van der Waals surface area contributed by atoms with Gasteiger partial charge in [-0.1, -0.05) is 6.42 Å². The molecule has 7 nitrogen and oxygen atoms in total. The Morgan fingerprint density at radius 3 is 2.53 bits per heavy atom. The molecule has 2 aliphatic heterocycles. The van der Waals surface area contributed by atoms with Gasteiger partial charge in [0.25, 0.3) is 5.91 Å². The number of hydrogen-bond donors (Lipinski definition) is 1. The minimum Gasteiger partial charge on any atom is -0.475 e. The number of hydrogen-bond acceptors (Lipinski definition) is 5. The van der Waals surface area contributed by atoms with Gasteiger partial charge in [-0.05, 0) is 30.9 Å². The van der Waals surface area contributed by atoms with Crippen molar-refractivity contribution in [2.75, 3.05) is 39.5 Å². The van der Waals surface area contributed by atoms with Gasteiger partial charge in [0.15, 0.2) is 0 Å². The lowest BCUT2D eigenvalue weighted by molar-refractivity contribution is -0.192. The lowest BCUT2D eigenvalue weighted by Crippen LogP contribution is -2.38. The maximum Gasteiger partial charge on any atom is 0.490 e. The molecule has 166 valence electrons. The van der Waals surface area contributed by atoms with E-state index in [9.17, 15) is 18.0 Å². The van der Waals surface area contributed by atoms with Gasteiger partial charge in [0.2, 0.25) is 0 Å². The highest BCUT2D eigenvalue weighted by molar-refractivity contribution is 5.94. The molecule has 1 saturated carbocycles. The summed E-state index contributed by atoms with van der Waals surface area (Å²) in [7, 11) is 0. The van der Waals surface area contributed by atoms with Crippen molar-refractivity contribution in [3.05, 3.63) is 30.1 Å². The molecule has 0 radical (unpaired) electrons. The maximum absolute atomic E-state index is 12.7. The molecule has 0 aromatic carbocycles. The number of nitrogens with zero attached hydrogens (tertiary/aromatic N) is 2. The van der Waals surface area contributed by atoms with Crippen LogP contribution in [0.15, 0.2) is 24.5 Å². The van der Waals surface area contributed by atoms with Crippen LogP contribution in [0, 0.1) is 17.3 Å². The normalized spacial score (nSPS) is 25.8. The number of aromatic nitrogens is 1. The number of carboxylic acids is 1. The van der Waals surface area contributed by atoms with E-state index in [1.165, 1.54) is 19.3 Å². The largest absolute Gasteiger partial charge is 0.490 e. The molecule has 1 aromatic rings. The number of halogens is 3. The van der Waals surface area contributed by atoms with Crippen LogP contribution in [0.25, 0.3) is 0 Å². The van der Waals surface area contributed by atoms with Gasteiger partial charge in [-0.15, -0.1) is 0 Å². The van der Waals surface area contributed by atoms with E-state index in [-0.39, 0.29) is 11.3 Å². The summed E-state index contributed by atoms with van der Waals surface area (Å²) in [6.07, 6.45) is 2.22. The predicted molar refractivity (Wildman–Crippen MR) is 98.7 cm³/mol. The molecule has 3 heterocycles. The highest BCUT2D eigenvalue weighted by Gasteiger charge is 2.52. The summed E-state index contributed by atoms with van der Waals surface area (Å²) in [5.41, 5.74) is 0.707. The Balaban J connectivity index is 0.000000318. The van der Waals surface area contributed by atoms with Crippen molar-refractivity contribution < 1.29 is 37.3 Å². The fourth-order valence-corrected chi connectivity index (χ4v) is 3.96. The van der Waals surface area contributed by atoms with Crippen molar-refractivity contribution in [1.82, 2.24) is 9.88 Å².